The van der Waals surface area contributed by atoms with E-state index < -0.39 is 9.04 Å². The summed E-state index contributed by atoms with van der Waals surface area (Å²) in [6.45, 7) is 19.9. The molecule has 0 spiro atoms. The monoisotopic (exact) mass is 404 g/mol. The number of aryl methyl sites for hydroxylation is 1. The van der Waals surface area contributed by atoms with Crippen molar-refractivity contribution in [2.45, 2.75) is 72.4 Å². The van der Waals surface area contributed by atoms with Crippen LogP contribution < -0.4 is 4.43 Å². The summed E-state index contributed by atoms with van der Waals surface area (Å²) in [6.07, 6.45) is 0. The molecule has 0 saturated carbocycles. The zero-order valence-corrected chi connectivity index (χ0v) is 20.4. The Balaban J connectivity index is 2.26. The number of aromatic nitrogens is 1. The highest BCUT2D eigenvalue weighted by Gasteiger charge is 2.21. The van der Waals surface area contributed by atoms with Gasteiger partial charge in [0.1, 0.15) is 5.75 Å². The van der Waals surface area contributed by atoms with Crippen LogP contribution in [0.2, 0.25) is 13.1 Å². The summed E-state index contributed by atoms with van der Waals surface area (Å²) in [5.41, 5.74) is 7.28. The first-order chi connectivity index (χ1) is 13.4. The molecular formula is C26H34NOSi. The van der Waals surface area contributed by atoms with Crippen LogP contribution in [0.25, 0.3) is 22.0 Å². The second kappa shape index (κ2) is 7.60. The molecule has 0 amide bonds. The minimum atomic E-state index is -0.853. The van der Waals surface area contributed by atoms with E-state index in [-0.39, 0.29) is 10.8 Å². The average Bonchev–Trinajstić information content (AvgIpc) is 2.59. The lowest BCUT2D eigenvalue weighted by molar-refractivity contribution is 0.571. The molecule has 3 heteroatoms. The van der Waals surface area contributed by atoms with Crippen molar-refractivity contribution >= 4 is 19.9 Å². The van der Waals surface area contributed by atoms with Crippen LogP contribution in [0.15, 0.2) is 42.5 Å². The molecule has 0 aliphatic heterocycles. The fourth-order valence-electron chi connectivity index (χ4n) is 3.66. The molecule has 0 aliphatic carbocycles. The molecule has 0 aliphatic rings. The predicted molar refractivity (Wildman–Crippen MR) is 127 cm³/mol. The van der Waals surface area contributed by atoms with Crippen molar-refractivity contribution in [2.75, 3.05) is 0 Å². The number of fused-ring (bicyclic) bond motifs is 1. The van der Waals surface area contributed by atoms with Crippen molar-refractivity contribution in [1.82, 2.24) is 4.98 Å². The second-order valence-electron chi connectivity index (χ2n) is 10.2. The third kappa shape index (κ3) is 4.56. The van der Waals surface area contributed by atoms with E-state index in [4.69, 9.17) is 9.41 Å². The Labute approximate surface area is 178 Å². The Hall–Kier alpha value is -2.13. The second-order valence-corrected chi connectivity index (χ2v) is 12.2. The highest BCUT2D eigenvalue weighted by atomic mass is 28.3. The van der Waals surface area contributed by atoms with Crippen molar-refractivity contribution in [3.05, 3.63) is 59.3 Å². The van der Waals surface area contributed by atoms with Gasteiger partial charge < -0.3 is 4.43 Å². The quantitative estimate of drug-likeness (QED) is 0.423. The van der Waals surface area contributed by atoms with Gasteiger partial charge in [-0.1, -0.05) is 77.9 Å². The maximum absolute atomic E-state index is 6.17. The van der Waals surface area contributed by atoms with Crippen molar-refractivity contribution in [1.29, 1.82) is 0 Å². The number of hydrogen-bond donors (Lipinski definition) is 0. The first-order valence-corrected chi connectivity index (χ1v) is 12.8. The van der Waals surface area contributed by atoms with Crippen molar-refractivity contribution in [3.63, 3.8) is 0 Å². The van der Waals surface area contributed by atoms with Crippen molar-refractivity contribution in [2.24, 2.45) is 0 Å². The summed E-state index contributed by atoms with van der Waals surface area (Å²) in [4.78, 5) is 5.03. The number of rotatable bonds is 3. The highest BCUT2D eigenvalue weighted by molar-refractivity contribution is 6.49. The minimum absolute atomic E-state index is 0.0269. The van der Waals surface area contributed by atoms with Crippen LogP contribution in [-0.4, -0.2) is 14.0 Å². The zero-order chi connectivity index (χ0) is 21.6. The molecule has 0 bridgehead atoms. The van der Waals surface area contributed by atoms with Gasteiger partial charge in [0.05, 0.1) is 11.2 Å². The molecule has 153 valence electrons. The molecule has 2 nitrogen and oxygen atoms in total. The fraction of sp³-hybridized carbons (Fsp3) is 0.423. The van der Waals surface area contributed by atoms with Crippen LogP contribution in [0.4, 0.5) is 0 Å². The van der Waals surface area contributed by atoms with E-state index in [0.29, 0.717) is 0 Å². The zero-order valence-electron chi connectivity index (χ0n) is 19.4. The Morgan fingerprint density at radius 3 is 1.97 bits per heavy atom. The molecule has 0 N–H and O–H groups in total. The smallest absolute Gasteiger partial charge is 0.274 e. The van der Waals surface area contributed by atoms with Gasteiger partial charge in [0.25, 0.3) is 9.04 Å². The summed E-state index contributed by atoms with van der Waals surface area (Å²) in [5, 5.41) is 1.17. The average molecular weight is 405 g/mol. The van der Waals surface area contributed by atoms with E-state index in [1.165, 1.54) is 27.6 Å². The van der Waals surface area contributed by atoms with Gasteiger partial charge in [0.15, 0.2) is 0 Å². The summed E-state index contributed by atoms with van der Waals surface area (Å²) < 4.78 is 6.17. The standard InChI is InChI=1S/C26H34NOSi/c1-17-23(28-29(8)9)16-21-20(14-15-22(24(21)27-17)26(5,6)7)18-10-12-19(13-11-18)25(2,3)4/h10-16H,1-9H3. The van der Waals surface area contributed by atoms with Gasteiger partial charge >= 0.3 is 0 Å². The molecule has 1 heterocycles. The van der Waals surface area contributed by atoms with Crippen LogP contribution in [0.3, 0.4) is 0 Å². The first kappa shape index (κ1) is 21.6. The third-order valence-corrected chi connectivity index (χ3v) is 5.94. The van der Waals surface area contributed by atoms with Crippen LogP contribution in [0, 0.1) is 6.92 Å². The molecule has 0 atom stereocenters. The van der Waals surface area contributed by atoms with E-state index in [0.717, 1.165) is 17.0 Å². The third-order valence-electron chi connectivity index (χ3n) is 5.31. The van der Waals surface area contributed by atoms with Gasteiger partial charge in [-0.15, -0.1) is 0 Å². The maximum atomic E-state index is 6.17. The van der Waals surface area contributed by atoms with Crippen LogP contribution in [0.1, 0.15) is 58.4 Å². The van der Waals surface area contributed by atoms with Gasteiger partial charge in [-0.05, 0) is 59.2 Å². The lowest BCUT2D eigenvalue weighted by Crippen LogP contribution is -2.15. The van der Waals surface area contributed by atoms with Crippen LogP contribution >= 0.6 is 0 Å². The number of nitrogens with zero attached hydrogens (tertiary/aromatic N) is 1. The van der Waals surface area contributed by atoms with Crippen molar-refractivity contribution < 1.29 is 4.43 Å². The Morgan fingerprint density at radius 2 is 1.45 bits per heavy atom. The fourth-order valence-corrected chi connectivity index (χ4v) is 4.31. The molecule has 3 aromatic rings. The van der Waals surface area contributed by atoms with E-state index in [2.05, 4.69) is 104 Å². The Morgan fingerprint density at radius 1 is 0.828 bits per heavy atom. The van der Waals surface area contributed by atoms with Gasteiger partial charge in [-0.2, -0.15) is 0 Å². The SMILES string of the molecule is Cc1nc2c(C(C)(C)C)ccc(-c3ccc(C(C)(C)C)cc3)c2cc1O[Si](C)C. The minimum Gasteiger partial charge on any atom is -0.541 e. The Bertz CT molecular complexity index is 1020. The molecule has 1 aromatic heterocycles. The van der Waals surface area contributed by atoms with E-state index >= 15 is 0 Å². The molecule has 0 saturated heterocycles. The first-order valence-electron chi connectivity index (χ1n) is 10.4. The number of pyridine rings is 1. The molecule has 29 heavy (non-hydrogen) atoms. The lowest BCUT2D eigenvalue weighted by atomic mass is 9.83. The molecule has 3 rings (SSSR count). The van der Waals surface area contributed by atoms with Gasteiger partial charge in [0, 0.05) is 5.39 Å². The van der Waals surface area contributed by atoms with Crippen LogP contribution in [-0.2, 0) is 10.8 Å². The summed E-state index contributed by atoms with van der Waals surface area (Å²) in [6, 6.07) is 15.7. The largest absolute Gasteiger partial charge is 0.541 e. The molecule has 0 unspecified atom stereocenters. The number of benzene rings is 2. The van der Waals surface area contributed by atoms with E-state index in [1.54, 1.807) is 0 Å². The van der Waals surface area contributed by atoms with E-state index in [1.807, 2.05) is 0 Å². The normalized spacial score (nSPS) is 12.6. The Kier molecular flexibility index (Phi) is 5.66. The topological polar surface area (TPSA) is 22.1 Å². The summed E-state index contributed by atoms with van der Waals surface area (Å²) in [5.74, 6) is 0.912. The summed E-state index contributed by atoms with van der Waals surface area (Å²) >= 11 is 0. The molecule has 1 radical (unpaired) electrons. The predicted octanol–water partition coefficient (Wildman–Crippen LogP) is 7.44. The molecular weight excluding hydrogens is 370 g/mol. The molecule has 0 fully saturated rings. The lowest BCUT2D eigenvalue weighted by Gasteiger charge is -2.24. The number of hydrogen-bond acceptors (Lipinski definition) is 2. The summed E-state index contributed by atoms with van der Waals surface area (Å²) in [7, 11) is -0.853. The van der Waals surface area contributed by atoms with Gasteiger partial charge in [0.2, 0.25) is 0 Å². The van der Waals surface area contributed by atoms with Crippen molar-refractivity contribution in [3.8, 4) is 16.9 Å². The van der Waals surface area contributed by atoms with Gasteiger partial charge in [-0.25, -0.2) is 4.98 Å². The van der Waals surface area contributed by atoms with Gasteiger partial charge in [-0.3, -0.25) is 0 Å². The van der Waals surface area contributed by atoms with Crippen LogP contribution in [0.5, 0.6) is 5.75 Å². The molecule has 2 aromatic carbocycles. The van der Waals surface area contributed by atoms with E-state index in [9.17, 15) is 0 Å². The maximum Gasteiger partial charge on any atom is 0.274 e. The highest BCUT2D eigenvalue weighted by Crippen LogP contribution is 2.38.